The summed E-state index contributed by atoms with van der Waals surface area (Å²) in [5.74, 6) is -2.65. The Kier molecular flexibility index (Phi) is 6.89. The van der Waals surface area contributed by atoms with Gasteiger partial charge in [-0.1, -0.05) is 18.2 Å². The third-order valence-corrected chi connectivity index (χ3v) is 5.05. The molecule has 8 nitrogen and oxygen atoms in total. The number of benzene rings is 1. The first-order chi connectivity index (χ1) is 13.3. The van der Waals surface area contributed by atoms with Gasteiger partial charge in [0.05, 0.1) is 25.3 Å². The van der Waals surface area contributed by atoms with Gasteiger partial charge < -0.3 is 19.5 Å². The molecule has 0 bridgehead atoms. The molecule has 0 aliphatic heterocycles. The minimum Gasteiger partial charge on any atom is -0.465 e. The summed E-state index contributed by atoms with van der Waals surface area (Å²) in [6.07, 6.45) is 0. The van der Waals surface area contributed by atoms with Crippen LogP contribution in [0.15, 0.2) is 24.3 Å². The first-order valence-corrected chi connectivity index (χ1v) is 8.94. The Morgan fingerprint density at radius 2 is 1.61 bits per heavy atom. The minimum absolute atomic E-state index is 0.0477. The fourth-order valence-corrected chi connectivity index (χ4v) is 3.54. The Balaban J connectivity index is 2.15. The highest BCUT2D eigenvalue weighted by Crippen LogP contribution is 2.34. The molecule has 0 atom stereocenters. The van der Waals surface area contributed by atoms with E-state index in [4.69, 9.17) is 9.47 Å². The van der Waals surface area contributed by atoms with Gasteiger partial charge in [-0.15, -0.1) is 11.3 Å². The lowest BCUT2D eigenvalue weighted by Crippen LogP contribution is -2.22. The highest BCUT2D eigenvalue weighted by molar-refractivity contribution is 7.18. The van der Waals surface area contributed by atoms with E-state index in [0.29, 0.717) is 11.1 Å². The normalized spacial score (nSPS) is 10.1. The van der Waals surface area contributed by atoms with Crippen molar-refractivity contribution in [3.05, 3.63) is 51.4 Å². The summed E-state index contributed by atoms with van der Waals surface area (Å²) < 4.78 is 14.4. The third kappa shape index (κ3) is 4.55. The molecule has 2 aromatic rings. The monoisotopic (exact) mass is 405 g/mol. The van der Waals surface area contributed by atoms with Crippen LogP contribution in [0.2, 0.25) is 0 Å². The van der Waals surface area contributed by atoms with Crippen LogP contribution in [0.3, 0.4) is 0 Å². The molecule has 148 valence electrons. The predicted octanol–water partition coefficient (Wildman–Crippen LogP) is 2.73. The van der Waals surface area contributed by atoms with Crippen molar-refractivity contribution in [3.63, 3.8) is 0 Å². The highest BCUT2D eigenvalue weighted by atomic mass is 32.1. The number of thiophene rings is 1. The van der Waals surface area contributed by atoms with Gasteiger partial charge in [0.15, 0.2) is 6.61 Å². The maximum atomic E-state index is 12.2. The van der Waals surface area contributed by atoms with Gasteiger partial charge in [0.25, 0.3) is 5.91 Å². The number of carbonyl (C=O) groups is 4. The summed E-state index contributed by atoms with van der Waals surface area (Å²) in [4.78, 5) is 48.4. The van der Waals surface area contributed by atoms with Gasteiger partial charge in [0, 0.05) is 0 Å². The lowest BCUT2D eigenvalue weighted by Gasteiger charge is -2.08. The van der Waals surface area contributed by atoms with Crippen molar-refractivity contribution >= 4 is 40.2 Å². The molecule has 28 heavy (non-hydrogen) atoms. The number of hydrogen-bond donors (Lipinski definition) is 1. The Hall–Kier alpha value is -3.20. The number of carbonyl (C=O) groups excluding carboxylic acids is 4. The number of ether oxygens (including phenoxy) is 3. The van der Waals surface area contributed by atoms with Crippen LogP contribution in [0.1, 0.15) is 41.5 Å². The van der Waals surface area contributed by atoms with Gasteiger partial charge in [-0.3, -0.25) is 4.79 Å². The van der Waals surface area contributed by atoms with E-state index >= 15 is 0 Å². The third-order valence-electron chi connectivity index (χ3n) is 3.86. The van der Waals surface area contributed by atoms with E-state index in [1.54, 1.807) is 38.1 Å². The Labute approximate surface area is 165 Å². The minimum atomic E-state index is -0.712. The van der Waals surface area contributed by atoms with Crippen LogP contribution >= 0.6 is 11.3 Å². The van der Waals surface area contributed by atoms with Crippen molar-refractivity contribution in [2.75, 3.05) is 26.1 Å². The van der Waals surface area contributed by atoms with E-state index in [1.807, 2.05) is 0 Å². The smallest absolute Gasteiger partial charge is 0.348 e. The van der Waals surface area contributed by atoms with Crippen LogP contribution < -0.4 is 5.32 Å². The predicted molar refractivity (Wildman–Crippen MR) is 102 cm³/mol. The Bertz CT molecular complexity index is 932. The van der Waals surface area contributed by atoms with E-state index in [9.17, 15) is 19.2 Å². The average Bonchev–Trinajstić information content (AvgIpc) is 3.01. The molecule has 0 saturated heterocycles. The Morgan fingerprint density at radius 3 is 2.21 bits per heavy atom. The molecule has 1 heterocycles. The topological polar surface area (TPSA) is 108 Å². The molecule has 1 aromatic carbocycles. The largest absolute Gasteiger partial charge is 0.465 e. The van der Waals surface area contributed by atoms with Crippen LogP contribution in [0.5, 0.6) is 0 Å². The number of anilines is 1. The van der Waals surface area contributed by atoms with E-state index in [0.717, 1.165) is 16.9 Å². The van der Waals surface area contributed by atoms with Crippen molar-refractivity contribution in [1.82, 2.24) is 0 Å². The summed E-state index contributed by atoms with van der Waals surface area (Å²) in [6, 6.07) is 6.82. The lowest BCUT2D eigenvalue weighted by molar-refractivity contribution is -0.119. The van der Waals surface area contributed by atoms with Crippen molar-refractivity contribution < 1.29 is 33.4 Å². The van der Waals surface area contributed by atoms with Gasteiger partial charge in [-0.05, 0) is 31.0 Å². The molecule has 2 rings (SSSR count). The van der Waals surface area contributed by atoms with Gasteiger partial charge >= 0.3 is 17.9 Å². The van der Waals surface area contributed by atoms with E-state index < -0.39 is 30.4 Å². The zero-order chi connectivity index (χ0) is 20.8. The van der Waals surface area contributed by atoms with E-state index in [-0.39, 0.29) is 15.4 Å². The van der Waals surface area contributed by atoms with Gasteiger partial charge in [0.1, 0.15) is 9.88 Å². The number of nitrogens with one attached hydrogen (secondary N) is 1. The van der Waals surface area contributed by atoms with Crippen molar-refractivity contribution in [3.8, 4) is 0 Å². The number of aryl methyl sites for hydroxylation is 1. The molecule has 1 aromatic heterocycles. The van der Waals surface area contributed by atoms with Crippen molar-refractivity contribution in [1.29, 1.82) is 0 Å². The van der Waals surface area contributed by atoms with Crippen LogP contribution in [0, 0.1) is 13.8 Å². The molecule has 0 radical (unpaired) electrons. The number of esters is 3. The lowest BCUT2D eigenvalue weighted by atomic mass is 10.1. The van der Waals surface area contributed by atoms with Crippen LogP contribution in [-0.2, 0) is 19.0 Å². The SMILES string of the molecule is COC(=O)c1sc(NC(=O)COC(=O)c2ccccc2C)c(C(=O)OC)c1C. The summed E-state index contributed by atoms with van der Waals surface area (Å²) in [5.41, 5.74) is 1.45. The molecule has 0 aliphatic carbocycles. The molecular formula is C19H19NO7S. The van der Waals surface area contributed by atoms with E-state index in [1.165, 1.54) is 14.2 Å². The zero-order valence-electron chi connectivity index (χ0n) is 15.8. The molecule has 0 spiro atoms. The average molecular weight is 405 g/mol. The fraction of sp³-hybridized carbons (Fsp3) is 0.263. The number of rotatable bonds is 6. The summed E-state index contributed by atoms with van der Waals surface area (Å²) in [7, 11) is 2.40. The molecule has 0 saturated carbocycles. The summed E-state index contributed by atoms with van der Waals surface area (Å²) in [5, 5.41) is 2.59. The van der Waals surface area contributed by atoms with Crippen LogP contribution in [0.4, 0.5) is 5.00 Å². The second-order valence-electron chi connectivity index (χ2n) is 5.68. The summed E-state index contributed by atoms with van der Waals surface area (Å²) in [6.45, 7) is 2.74. The second-order valence-corrected chi connectivity index (χ2v) is 6.70. The van der Waals surface area contributed by atoms with Crippen molar-refractivity contribution in [2.45, 2.75) is 13.8 Å². The quantitative estimate of drug-likeness (QED) is 0.581. The Morgan fingerprint density at radius 1 is 0.964 bits per heavy atom. The first-order valence-electron chi connectivity index (χ1n) is 8.12. The number of amides is 1. The summed E-state index contributed by atoms with van der Waals surface area (Å²) >= 11 is 0.876. The van der Waals surface area contributed by atoms with Crippen molar-refractivity contribution in [2.24, 2.45) is 0 Å². The zero-order valence-corrected chi connectivity index (χ0v) is 16.6. The first kappa shape index (κ1) is 21.1. The molecule has 0 unspecified atom stereocenters. The molecule has 1 amide bonds. The maximum Gasteiger partial charge on any atom is 0.348 e. The fourth-order valence-electron chi connectivity index (χ4n) is 2.41. The standard InChI is InChI=1S/C19H19NO7S/c1-10-7-5-6-8-12(10)17(22)27-9-13(21)20-16-14(18(23)25-3)11(2)15(28-16)19(24)26-4/h5-8H,9H2,1-4H3,(H,20,21). The van der Waals surface area contributed by atoms with E-state index in [2.05, 4.69) is 10.1 Å². The molecule has 0 aliphatic rings. The highest BCUT2D eigenvalue weighted by Gasteiger charge is 2.27. The van der Waals surface area contributed by atoms with Gasteiger partial charge in [-0.25, -0.2) is 14.4 Å². The molecule has 0 fully saturated rings. The molecular weight excluding hydrogens is 386 g/mol. The van der Waals surface area contributed by atoms with Gasteiger partial charge in [-0.2, -0.15) is 0 Å². The second kappa shape index (κ2) is 9.14. The maximum absolute atomic E-state index is 12.2. The molecule has 9 heteroatoms. The van der Waals surface area contributed by atoms with Gasteiger partial charge in [0.2, 0.25) is 0 Å². The van der Waals surface area contributed by atoms with Crippen LogP contribution in [-0.4, -0.2) is 44.6 Å². The number of methoxy groups -OCH3 is 2. The number of hydrogen-bond acceptors (Lipinski definition) is 8. The molecule has 1 N–H and O–H groups in total. The van der Waals surface area contributed by atoms with Crippen LogP contribution in [0.25, 0.3) is 0 Å².